The fourth-order valence-electron chi connectivity index (χ4n) is 2.06. The van der Waals surface area contributed by atoms with Crippen molar-refractivity contribution in [2.75, 3.05) is 26.1 Å². The molecule has 5 heteroatoms. The molecule has 0 aliphatic rings. The Bertz CT molecular complexity index is 639. The molecule has 0 aliphatic carbocycles. The molecule has 0 fully saturated rings. The van der Waals surface area contributed by atoms with E-state index in [1.54, 1.807) is 17.7 Å². The van der Waals surface area contributed by atoms with Gasteiger partial charge in [0.15, 0.2) is 0 Å². The highest BCUT2D eigenvalue weighted by Gasteiger charge is 2.14. The first-order valence-electron chi connectivity index (χ1n) is 6.72. The Morgan fingerprint density at radius 2 is 1.95 bits per heavy atom. The first-order chi connectivity index (χ1) is 10.2. The molecule has 5 nitrogen and oxygen atoms in total. The van der Waals surface area contributed by atoms with Gasteiger partial charge in [0.25, 0.3) is 0 Å². The van der Waals surface area contributed by atoms with Crippen molar-refractivity contribution >= 4 is 5.69 Å². The second-order valence-electron chi connectivity index (χ2n) is 4.81. The predicted octanol–water partition coefficient (Wildman–Crippen LogP) is 2.32. The minimum atomic E-state index is 0.392. The number of nitriles is 1. The van der Waals surface area contributed by atoms with Gasteiger partial charge in [-0.1, -0.05) is 29.8 Å². The number of hydrogen-bond donors (Lipinski definition) is 1. The van der Waals surface area contributed by atoms with E-state index in [0.717, 1.165) is 5.56 Å². The van der Waals surface area contributed by atoms with Crippen LogP contribution in [0, 0.1) is 18.3 Å². The molecular formula is C16H19N3O2. The number of ether oxygens (including phenoxy) is 2. The van der Waals surface area contributed by atoms with Crippen LogP contribution >= 0.6 is 0 Å². The van der Waals surface area contributed by atoms with Crippen LogP contribution in [0.25, 0.3) is 0 Å². The zero-order chi connectivity index (χ0) is 15.2. The number of rotatable bonds is 6. The lowest BCUT2D eigenvalue weighted by Gasteiger charge is -2.12. The van der Waals surface area contributed by atoms with Gasteiger partial charge >= 0.3 is 0 Å². The molecule has 110 valence electrons. The second-order valence-corrected chi connectivity index (χ2v) is 4.81. The van der Waals surface area contributed by atoms with Gasteiger partial charge in [-0.05, 0) is 12.5 Å². The largest absolute Gasteiger partial charge is 0.475 e. The van der Waals surface area contributed by atoms with Crippen molar-refractivity contribution in [3.63, 3.8) is 0 Å². The first-order valence-corrected chi connectivity index (χ1v) is 6.72. The molecule has 21 heavy (non-hydrogen) atoms. The standard InChI is InChI=1S/C16H19N3O2/c1-12-3-5-13(6-4-12)11-19-14(10-17)9-15(18)16(19)21-8-7-20-2/h3-6,9H,7-8,11,18H2,1-2H3. The fourth-order valence-corrected chi connectivity index (χ4v) is 2.06. The third kappa shape index (κ3) is 3.56. The van der Waals surface area contributed by atoms with Crippen molar-refractivity contribution < 1.29 is 9.47 Å². The number of aryl methyl sites for hydroxylation is 1. The van der Waals surface area contributed by atoms with Crippen LogP contribution in [0.15, 0.2) is 30.3 Å². The molecule has 0 aliphatic heterocycles. The quantitative estimate of drug-likeness (QED) is 0.827. The molecule has 0 radical (unpaired) electrons. The van der Waals surface area contributed by atoms with Crippen LogP contribution in [0.4, 0.5) is 5.69 Å². The van der Waals surface area contributed by atoms with Gasteiger partial charge in [-0.25, -0.2) is 0 Å². The average Bonchev–Trinajstić information content (AvgIpc) is 2.78. The van der Waals surface area contributed by atoms with Crippen molar-refractivity contribution in [2.45, 2.75) is 13.5 Å². The number of anilines is 1. The highest BCUT2D eigenvalue weighted by atomic mass is 16.5. The molecule has 2 N–H and O–H groups in total. The van der Waals surface area contributed by atoms with E-state index in [9.17, 15) is 5.26 Å². The molecule has 0 atom stereocenters. The molecule has 2 aromatic rings. The molecule has 0 amide bonds. The van der Waals surface area contributed by atoms with Crippen LogP contribution in [0.2, 0.25) is 0 Å². The van der Waals surface area contributed by atoms with Crippen LogP contribution in [0.1, 0.15) is 16.8 Å². The summed E-state index contributed by atoms with van der Waals surface area (Å²) in [6.07, 6.45) is 0. The average molecular weight is 285 g/mol. The molecule has 0 saturated carbocycles. The van der Waals surface area contributed by atoms with Gasteiger partial charge in [0.1, 0.15) is 18.4 Å². The van der Waals surface area contributed by atoms with Gasteiger partial charge in [-0.15, -0.1) is 0 Å². The Morgan fingerprint density at radius 3 is 2.57 bits per heavy atom. The highest BCUT2D eigenvalue weighted by Crippen LogP contribution is 2.27. The molecule has 0 spiro atoms. The number of nitrogen functional groups attached to an aromatic ring is 1. The van der Waals surface area contributed by atoms with E-state index in [1.807, 2.05) is 31.2 Å². The molecule has 0 saturated heterocycles. The lowest BCUT2D eigenvalue weighted by molar-refractivity contribution is 0.142. The summed E-state index contributed by atoms with van der Waals surface area (Å²) >= 11 is 0. The minimum absolute atomic E-state index is 0.392. The van der Waals surface area contributed by atoms with Gasteiger partial charge in [-0.2, -0.15) is 5.26 Å². The number of nitrogens with zero attached hydrogens (tertiary/aromatic N) is 2. The van der Waals surface area contributed by atoms with Crippen molar-refractivity contribution in [1.29, 1.82) is 5.26 Å². The number of nitrogens with two attached hydrogens (primary N) is 1. The first kappa shape index (κ1) is 14.9. The van der Waals surface area contributed by atoms with E-state index in [0.29, 0.717) is 37.0 Å². The zero-order valence-electron chi connectivity index (χ0n) is 12.3. The van der Waals surface area contributed by atoms with Gasteiger partial charge < -0.3 is 15.2 Å². The van der Waals surface area contributed by atoms with Crippen molar-refractivity contribution in [2.24, 2.45) is 0 Å². The van der Waals surface area contributed by atoms with Gasteiger partial charge in [0, 0.05) is 13.2 Å². The number of aromatic nitrogens is 1. The van der Waals surface area contributed by atoms with E-state index >= 15 is 0 Å². The van der Waals surface area contributed by atoms with E-state index < -0.39 is 0 Å². The SMILES string of the molecule is COCCOc1c(N)cc(C#N)n1Cc1ccc(C)cc1. The van der Waals surface area contributed by atoms with Crippen LogP contribution in [-0.2, 0) is 11.3 Å². The third-order valence-electron chi connectivity index (χ3n) is 3.18. The Labute approximate surface area is 124 Å². The fraction of sp³-hybridized carbons (Fsp3) is 0.312. The summed E-state index contributed by atoms with van der Waals surface area (Å²) in [5.74, 6) is 0.518. The molecule has 1 aromatic carbocycles. The van der Waals surface area contributed by atoms with Crippen molar-refractivity contribution in [1.82, 2.24) is 4.57 Å². The molecule has 1 aromatic heterocycles. The lowest BCUT2D eigenvalue weighted by atomic mass is 10.1. The minimum Gasteiger partial charge on any atom is -0.475 e. The lowest BCUT2D eigenvalue weighted by Crippen LogP contribution is -2.11. The highest BCUT2D eigenvalue weighted by molar-refractivity contribution is 5.55. The van der Waals surface area contributed by atoms with E-state index in [2.05, 4.69) is 6.07 Å². The summed E-state index contributed by atoms with van der Waals surface area (Å²) in [5, 5.41) is 9.24. The maximum absolute atomic E-state index is 9.24. The molecular weight excluding hydrogens is 266 g/mol. The third-order valence-corrected chi connectivity index (χ3v) is 3.18. The Balaban J connectivity index is 2.27. The number of methoxy groups -OCH3 is 1. The summed E-state index contributed by atoms with van der Waals surface area (Å²) in [6, 6.07) is 11.9. The molecule has 0 bridgehead atoms. The monoisotopic (exact) mass is 285 g/mol. The normalized spacial score (nSPS) is 10.3. The molecule has 2 rings (SSSR count). The van der Waals surface area contributed by atoms with E-state index in [4.69, 9.17) is 15.2 Å². The van der Waals surface area contributed by atoms with Gasteiger partial charge in [-0.3, -0.25) is 4.57 Å². The molecule has 1 heterocycles. The van der Waals surface area contributed by atoms with Crippen LogP contribution < -0.4 is 10.5 Å². The number of hydrogen-bond acceptors (Lipinski definition) is 4. The summed E-state index contributed by atoms with van der Waals surface area (Å²) in [7, 11) is 1.61. The van der Waals surface area contributed by atoms with Crippen molar-refractivity contribution in [3.05, 3.63) is 47.2 Å². The second kappa shape index (κ2) is 6.82. The molecule has 0 unspecified atom stereocenters. The van der Waals surface area contributed by atoms with E-state index in [1.165, 1.54) is 5.56 Å². The van der Waals surface area contributed by atoms with Gasteiger partial charge in [0.05, 0.1) is 18.8 Å². The smallest absolute Gasteiger partial charge is 0.218 e. The topological polar surface area (TPSA) is 73.2 Å². The number of benzene rings is 1. The zero-order valence-corrected chi connectivity index (χ0v) is 12.3. The summed E-state index contributed by atoms with van der Waals surface area (Å²) in [4.78, 5) is 0. The van der Waals surface area contributed by atoms with Crippen LogP contribution in [0.5, 0.6) is 5.88 Å². The van der Waals surface area contributed by atoms with Crippen LogP contribution in [-0.4, -0.2) is 24.9 Å². The van der Waals surface area contributed by atoms with Crippen molar-refractivity contribution in [3.8, 4) is 11.9 Å². The van der Waals surface area contributed by atoms with Gasteiger partial charge in [0.2, 0.25) is 5.88 Å². The summed E-state index contributed by atoms with van der Waals surface area (Å²) in [6.45, 7) is 3.45. The van der Waals surface area contributed by atoms with Crippen LogP contribution in [0.3, 0.4) is 0 Å². The maximum atomic E-state index is 9.24. The summed E-state index contributed by atoms with van der Waals surface area (Å²) < 4.78 is 12.4. The maximum Gasteiger partial charge on any atom is 0.218 e. The Morgan fingerprint density at radius 1 is 1.24 bits per heavy atom. The summed E-state index contributed by atoms with van der Waals surface area (Å²) in [5.41, 5.74) is 9.18. The predicted molar refractivity (Wildman–Crippen MR) is 81.2 cm³/mol. The van der Waals surface area contributed by atoms with E-state index in [-0.39, 0.29) is 0 Å². The Hall–Kier alpha value is -2.45. The Kier molecular flexibility index (Phi) is 4.85.